The first-order valence-electron chi connectivity index (χ1n) is 8.84. The van der Waals surface area contributed by atoms with Gasteiger partial charge in [-0.25, -0.2) is 0 Å². The van der Waals surface area contributed by atoms with Crippen LogP contribution in [0.25, 0.3) is 22.2 Å². The molecular weight excluding hydrogens is 289 g/mol. The predicted octanol–water partition coefficient (Wildman–Crippen LogP) is 3.35. The topological polar surface area (TPSA) is 3.88 Å². The van der Waals surface area contributed by atoms with E-state index in [2.05, 4.69) is 61.7 Å². The van der Waals surface area contributed by atoms with Gasteiger partial charge >= 0.3 is 0 Å². The molecule has 2 aliphatic rings. The largest absolute Gasteiger partial charge is 0.217 e. The Bertz CT molecular complexity index is 1020. The van der Waals surface area contributed by atoms with E-state index in [1.807, 2.05) is 0 Å². The maximum absolute atomic E-state index is 6.26. The summed E-state index contributed by atoms with van der Waals surface area (Å²) in [7, 11) is 6.26. The first-order valence-corrected chi connectivity index (χ1v) is 8.84. The highest BCUT2D eigenvalue weighted by Gasteiger charge is 2.36. The molecule has 1 aliphatic carbocycles. The fourth-order valence-electron chi connectivity index (χ4n) is 4.42. The first-order chi connectivity index (χ1) is 11.4. The molecule has 5 rings (SSSR count). The van der Waals surface area contributed by atoms with E-state index in [9.17, 15) is 0 Å². The van der Waals surface area contributed by atoms with Gasteiger partial charge in [-0.2, -0.15) is 4.57 Å². The van der Waals surface area contributed by atoms with Crippen LogP contribution in [0.3, 0.4) is 0 Å². The SMILES string of the molecule is [B]c1ccc2c3c1CCc1cc4cc(C(C)(C)C)ccc4[n+](c1-3)C2. The summed E-state index contributed by atoms with van der Waals surface area (Å²) in [6.07, 6.45) is 2.15. The van der Waals surface area contributed by atoms with Crippen LogP contribution in [0.1, 0.15) is 43.0 Å². The van der Waals surface area contributed by atoms with Crippen LogP contribution in [-0.2, 0) is 24.8 Å². The lowest BCUT2D eigenvalue weighted by molar-refractivity contribution is -0.646. The Balaban J connectivity index is 1.84. The first kappa shape index (κ1) is 14.3. The maximum atomic E-state index is 6.26. The molecule has 116 valence electrons. The molecule has 0 saturated heterocycles. The third-order valence-corrected chi connectivity index (χ3v) is 5.73. The second-order valence-electron chi connectivity index (χ2n) is 8.30. The molecule has 1 nitrogen and oxygen atoms in total. The number of fused-ring (bicyclic) bond motifs is 2. The average molecular weight is 310 g/mol. The second kappa shape index (κ2) is 4.50. The number of hydrogen-bond acceptors (Lipinski definition) is 0. The van der Waals surface area contributed by atoms with E-state index in [0.717, 1.165) is 24.8 Å². The van der Waals surface area contributed by atoms with E-state index in [0.29, 0.717) is 0 Å². The van der Waals surface area contributed by atoms with Crippen molar-refractivity contribution in [3.05, 3.63) is 58.7 Å². The van der Waals surface area contributed by atoms with Crippen LogP contribution in [0.4, 0.5) is 0 Å². The molecule has 0 atom stereocenters. The molecule has 0 bridgehead atoms. The van der Waals surface area contributed by atoms with E-state index < -0.39 is 0 Å². The molecule has 0 N–H and O–H groups in total. The molecule has 1 aromatic heterocycles. The summed E-state index contributed by atoms with van der Waals surface area (Å²) in [5.41, 5.74) is 11.0. The number of aryl methyl sites for hydroxylation is 1. The molecule has 24 heavy (non-hydrogen) atoms. The van der Waals surface area contributed by atoms with E-state index >= 15 is 0 Å². The summed E-state index contributed by atoms with van der Waals surface area (Å²) in [4.78, 5) is 0. The summed E-state index contributed by atoms with van der Waals surface area (Å²) in [6.45, 7) is 7.81. The van der Waals surface area contributed by atoms with E-state index in [1.54, 1.807) is 0 Å². The van der Waals surface area contributed by atoms with Crippen LogP contribution in [0, 0.1) is 0 Å². The fourth-order valence-corrected chi connectivity index (χ4v) is 4.42. The number of aromatic nitrogens is 1. The van der Waals surface area contributed by atoms with Crippen molar-refractivity contribution >= 4 is 24.2 Å². The van der Waals surface area contributed by atoms with Crippen LogP contribution in [0.15, 0.2) is 36.4 Å². The van der Waals surface area contributed by atoms with Gasteiger partial charge in [0.2, 0.25) is 11.2 Å². The molecule has 1 aliphatic heterocycles. The van der Waals surface area contributed by atoms with Gasteiger partial charge in [0.1, 0.15) is 7.85 Å². The van der Waals surface area contributed by atoms with E-state index in [1.165, 1.54) is 44.4 Å². The van der Waals surface area contributed by atoms with Gasteiger partial charge in [-0.3, -0.25) is 0 Å². The van der Waals surface area contributed by atoms with Crippen molar-refractivity contribution in [3.63, 3.8) is 0 Å². The molecular formula is C22H21BN+. The zero-order valence-corrected chi connectivity index (χ0v) is 14.6. The molecule has 2 heteroatoms. The Morgan fingerprint density at radius 2 is 1.79 bits per heavy atom. The molecule has 2 aromatic carbocycles. The Morgan fingerprint density at radius 1 is 0.958 bits per heavy atom. The van der Waals surface area contributed by atoms with Gasteiger partial charge in [0.05, 0.1) is 5.56 Å². The van der Waals surface area contributed by atoms with Crippen LogP contribution >= 0.6 is 0 Å². The summed E-state index contributed by atoms with van der Waals surface area (Å²) in [5.74, 6) is 0. The molecule has 0 amide bonds. The Kier molecular flexibility index (Phi) is 2.68. The standard InChI is InChI=1S/C22H21BN/c1-22(2,3)16-6-9-19-15(11-16)10-13-4-7-17-18(23)8-5-14-12-24(19)21(13)20(14)17/h5-6,8-11H,4,7,12H2,1-3H3/q+1. The quantitative estimate of drug-likeness (QED) is 0.346. The Labute approximate surface area is 144 Å². The molecule has 2 radical (unpaired) electrons. The lowest BCUT2D eigenvalue weighted by Crippen LogP contribution is -2.35. The van der Waals surface area contributed by atoms with Crippen molar-refractivity contribution in [2.24, 2.45) is 0 Å². The monoisotopic (exact) mass is 310 g/mol. The fraction of sp³-hybridized carbons (Fsp3) is 0.318. The van der Waals surface area contributed by atoms with Crippen molar-refractivity contribution in [3.8, 4) is 11.3 Å². The molecule has 3 aromatic rings. The van der Waals surface area contributed by atoms with E-state index in [4.69, 9.17) is 7.85 Å². The minimum atomic E-state index is 0.180. The lowest BCUT2D eigenvalue weighted by atomic mass is 9.79. The third kappa shape index (κ3) is 1.80. The van der Waals surface area contributed by atoms with Crippen LogP contribution < -0.4 is 10.0 Å². The normalized spacial score (nSPS) is 15.0. The van der Waals surface area contributed by atoms with Crippen molar-refractivity contribution in [1.82, 2.24) is 0 Å². The second-order valence-corrected chi connectivity index (χ2v) is 8.30. The highest BCUT2D eigenvalue weighted by atomic mass is 15.0. The van der Waals surface area contributed by atoms with Gasteiger partial charge in [0.25, 0.3) is 0 Å². The summed E-state index contributed by atoms with van der Waals surface area (Å²) in [6, 6.07) is 13.7. The van der Waals surface area contributed by atoms with Crippen molar-refractivity contribution in [2.75, 3.05) is 0 Å². The molecule has 2 heterocycles. The minimum Gasteiger partial charge on any atom is -0.187 e. The van der Waals surface area contributed by atoms with Gasteiger partial charge in [-0.05, 0) is 41.5 Å². The maximum Gasteiger partial charge on any atom is 0.217 e. The smallest absolute Gasteiger partial charge is 0.187 e. The van der Waals surface area contributed by atoms with Gasteiger partial charge in [-0.1, -0.05) is 44.4 Å². The Morgan fingerprint density at radius 3 is 2.58 bits per heavy atom. The molecule has 0 unspecified atom stereocenters. The van der Waals surface area contributed by atoms with Crippen molar-refractivity contribution in [1.29, 1.82) is 0 Å². The van der Waals surface area contributed by atoms with Crippen LogP contribution in [0.2, 0.25) is 0 Å². The molecule has 0 fully saturated rings. The summed E-state index contributed by atoms with van der Waals surface area (Å²) >= 11 is 0. The Hall–Kier alpha value is -2.09. The highest BCUT2D eigenvalue weighted by Crippen LogP contribution is 2.38. The van der Waals surface area contributed by atoms with Gasteiger partial charge in [0, 0.05) is 22.6 Å². The summed E-state index contributed by atoms with van der Waals surface area (Å²) < 4.78 is 2.50. The highest BCUT2D eigenvalue weighted by molar-refractivity contribution is 6.34. The van der Waals surface area contributed by atoms with Crippen molar-refractivity contribution in [2.45, 2.75) is 45.6 Å². The number of rotatable bonds is 0. The molecule has 0 saturated carbocycles. The summed E-state index contributed by atoms with van der Waals surface area (Å²) in [5, 5.41) is 1.37. The van der Waals surface area contributed by atoms with Gasteiger partial charge in [-0.15, -0.1) is 0 Å². The van der Waals surface area contributed by atoms with Gasteiger partial charge < -0.3 is 0 Å². The van der Waals surface area contributed by atoms with Crippen LogP contribution in [0.5, 0.6) is 0 Å². The van der Waals surface area contributed by atoms with E-state index in [-0.39, 0.29) is 5.41 Å². The minimum absolute atomic E-state index is 0.180. The molecule has 0 spiro atoms. The van der Waals surface area contributed by atoms with Crippen LogP contribution in [-0.4, -0.2) is 7.85 Å². The number of benzene rings is 2. The zero-order valence-electron chi connectivity index (χ0n) is 14.6. The zero-order chi connectivity index (χ0) is 16.6. The third-order valence-electron chi connectivity index (χ3n) is 5.73. The average Bonchev–Trinajstić information content (AvgIpc) is 2.93. The van der Waals surface area contributed by atoms with Gasteiger partial charge in [0.15, 0.2) is 6.54 Å². The number of pyridine rings is 1. The lowest BCUT2D eigenvalue weighted by Gasteiger charge is -2.20. The number of hydrogen-bond donors (Lipinski definition) is 0. The predicted molar refractivity (Wildman–Crippen MR) is 100 cm³/mol. The van der Waals surface area contributed by atoms with Crippen molar-refractivity contribution < 1.29 is 4.57 Å². The number of nitrogens with zero attached hydrogens (tertiary/aromatic N) is 1.